The fraction of sp³-hybridized carbons (Fsp3) is 0.750. The maximum atomic E-state index is 9.55. The summed E-state index contributed by atoms with van der Waals surface area (Å²) in [6.45, 7) is 2.84. The highest BCUT2D eigenvalue weighted by Gasteiger charge is 2.28. The number of nitriles is 1. The number of aliphatic hydroxyl groups excluding tert-OH is 1. The molecule has 1 aromatic heterocycles. The molecule has 1 aliphatic rings. The Labute approximate surface area is 112 Å². The molecule has 2 unspecified atom stereocenters. The Bertz CT molecular complexity index is 455. The first-order chi connectivity index (χ1) is 9.10. The van der Waals surface area contributed by atoms with E-state index in [-0.39, 0.29) is 18.9 Å². The highest BCUT2D eigenvalue weighted by atomic mass is 16.5. The van der Waals surface area contributed by atoms with Crippen LogP contribution in [0.5, 0.6) is 0 Å². The SMILES string of the molecule is CN1CCN(C)C(c2noc(CC(O)CC#N)n2)C1. The van der Waals surface area contributed by atoms with E-state index in [1.165, 1.54) is 0 Å². The van der Waals surface area contributed by atoms with Gasteiger partial charge in [0.05, 0.1) is 31.1 Å². The summed E-state index contributed by atoms with van der Waals surface area (Å²) < 4.78 is 5.14. The van der Waals surface area contributed by atoms with Gasteiger partial charge in [-0.3, -0.25) is 4.90 Å². The van der Waals surface area contributed by atoms with E-state index < -0.39 is 6.10 Å². The average molecular weight is 265 g/mol. The van der Waals surface area contributed by atoms with Crippen LogP contribution in [0.1, 0.15) is 24.2 Å². The van der Waals surface area contributed by atoms with Gasteiger partial charge in [0, 0.05) is 19.6 Å². The third-order valence-corrected chi connectivity index (χ3v) is 3.37. The molecule has 1 aromatic rings. The minimum absolute atomic E-state index is 0.0732. The third-order valence-electron chi connectivity index (χ3n) is 3.37. The summed E-state index contributed by atoms with van der Waals surface area (Å²) >= 11 is 0. The Kier molecular flexibility index (Phi) is 4.47. The van der Waals surface area contributed by atoms with Crippen molar-refractivity contribution in [2.24, 2.45) is 0 Å². The lowest BCUT2D eigenvalue weighted by molar-refractivity contribution is 0.108. The van der Waals surface area contributed by atoms with Crippen molar-refractivity contribution in [3.63, 3.8) is 0 Å². The Morgan fingerprint density at radius 3 is 3.05 bits per heavy atom. The van der Waals surface area contributed by atoms with Crippen molar-refractivity contribution in [3.05, 3.63) is 11.7 Å². The Morgan fingerprint density at radius 2 is 2.32 bits per heavy atom. The van der Waals surface area contributed by atoms with Crippen LogP contribution in [0, 0.1) is 11.3 Å². The van der Waals surface area contributed by atoms with E-state index in [4.69, 9.17) is 9.78 Å². The summed E-state index contributed by atoms with van der Waals surface area (Å²) in [7, 11) is 4.11. The summed E-state index contributed by atoms with van der Waals surface area (Å²) in [5.41, 5.74) is 0. The Morgan fingerprint density at radius 1 is 1.53 bits per heavy atom. The number of aliphatic hydroxyl groups is 1. The molecule has 0 radical (unpaired) electrons. The summed E-state index contributed by atoms with van der Waals surface area (Å²) in [5.74, 6) is 1.03. The summed E-state index contributed by atoms with van der Waals surface area (Å²) in [5, 5.41) is 22.0. The molecule has 7 nitrogen and oxygen atoms in total. The van der Waals surface area contributed by atoms with Gasteiger partial charge in [-0.25, -0.2) is 0 Å². The smallest absolute Gasteiger partial charge is 0.229 e. The van der Waals surface area contributed by atoms with Gasteiger partial charge in [-0.2, -0.15) is 10.2 Å². The van der Waals surface area contributed by atoms with E-state index >= 15 is 0 Å². The van der Waals surface area contributed by atoms with Crippen LogP contribution in [0.3, 0.4) is 0 Å². The van der Waals surface area contributed by atoms with Crippen LogP contribution in [0.2, 0.25) is 0 Å². The van der Waals surface area contributed by atoms with Crippen LogP contribution >= 0.6 is 0 Å². The van der Waals surface area contributed by atoms with Crippen LogP contribution in [-0.2, 0) is 6.42 Å². The lowest BCUT2D eigenvalue weighted by Crippen LogP contribution is -2.45. The molecular formula is C12H19N5O2. The molecule has 0 amide bonds. The van der Waals surface area contributed by atoms with Gasteiger partial charge in [0.2, 0.25) is 5.89 Å². The number of aromatic nitrogens is 2. The molecular weight excluding hydrogens is 246 g/mol. The average Bonchev–Trinajstić information content (AvgIpc) is 2.81. The van der Waals surface area contributed by atoms with Gasteiger partial charge in [0.25, 0.3) is 0 Å². The van der Waals surface area contributed by atoms with Crippen LogP contribution in [0.4, 0.5) is 0 Å². The molecule has 2 rings (SSSR count). The zero-order chi connectivity index (χ0) is 13.8. The van der Waals surface area contributed by atoms with E-state index in [1.54, 1.807) is 0 Å². The highest BCUT2D eigenvalue weighted by Crippen LogP contribution is 2.21. The maximum absolute atomic E-state index is 9.55. The number of rotatable bonds is 4. The minimum Gasteiger partial charge on any atom is -0.392 e. The van der Waals surface area contributed by atoms with Crippen molar-refractivity contribution in [1.29, 1.82) is 5.26 Å². The molecule has 0 bridgehead atoms. The lowest BCUT2D eigenvalue weighted by Gasteiger charge is -2.35. The topological polar surface area (TPSA) is 89.4 Å². The monoisotopic (exact) mass is 265 g/mol. The molecule has 0 aliphatic carbocycles. The van der Waals surface area contributed by atoms with Crippen LogP contribution in [0.25, 0.3) is 0 Å². The van der Waals surface area contributed by atoms with Gasteiger partial charge in [-0.05, 0) is 14.1 Å². The summed E-state index contributed by atoms with van der Waals surface area (Å²) in [6.07, 6.45) is -0.443. The molecule has 2 atom stereocenters. The largest absolute Gasteiger partial charge is 0.392 e. The number of nitrogens with zero attached hydrogens (tertiary/aromatic N) is 5. The van der Waals surface area contributed by atoms with E-state index in [9.17, 15) is 5.11 Å². The van der Waals surface area contributed by atoms with Crippen molar-refractivity contribution in [2.45, 2.75) is 25.0 Å². The quantitative estimate of drug-likeness (QED) is 0.806. The van der Waals surface area contributed by atoms with Crippen molar-refractivity contribution in [2.75, 3.05) is 33.7 Å². The molecule has 0 aromatic carbocycles. The summed E-state index contributed by atoms with van der Waals surface area (Å²) in [6, 6.07) is 2.03. The van der Waals surface area contributed by atoms with E-state index in [1.807, 2.05) is 13.1 Å². The number of hydrogen-bond acceptors (Lipinski definition) is 7. The molecule has 0 spiro atoms. The maximum Gasteiger partial charge on any atom is 0.229 e. The van der Waals surface area contributed by atoms with Gasteiger partial charge in [-0.1, -0.05) is 5.16 Å². The Balaban J connectivity index is 2.02. The molecule has 1 N–H and O–H groups in total. The first-order valence-electron chi connectivity index (χ1n) is 6.36. The first kappa shape index (κ1) is 13.9. The lowest BCUT2D eigenvalue weighted by atomic mass is 10.1. The first-order valence-corrected chi connectivity index (χ1v) is 6.36. The van der Waals surface area contributed by atoms with Gasteiger partial charge < -0.3 is 14.5 Å². The van der Waals surface area contributed by atoms with Crippen LogP contribution in [0.15, 0.2) is 4.52 Å². The van der Waals surface area contributed by atoms with E-state index in [0.717, 1.165) is 19.6 Å². The fourth-order valence-corrected chi connectivity index (χ4v) is 2.15. The summed E-state index contributed by atoms with van der Waals surface area (Å²) in [4.78, 5) is 8.75. The predicted octanol–water partition coefficient (Wildman–Crippen LogP) is -0.195. The van der Waals surface area contributed by atoms with Gasteiger partial charge in [-0.15, -0.1) is 0 Å². The molecule has 0 saturated carbocycles. The van der Waals surface area contributed by atoms with Crippen molar-refractivity contribution in [1.82, 2.24) is 19.9 Å². The standard InChI is InChI=1S/C12H19N5O2/c1-16-5-6-17(2)10(8-16)12-14-11(19-15-12)7-9(18)3-4-13/h9-10,18H,3,5-8H2,1-2H3. The highest BCUT2D eigenvalue weighted by molar-refractivity contribution is 4.99. The molecule has 2 heterocycles. The van der Waals surface area contributed by atoms with Gasteiger partial charge in [0.15, 0.2) is 5.82 Å². The zero-order valence-electron chi connectivity index (χ0n) is 11.3. The number of hydrogen-bond donors (Lipinski definition) is 1. The molecule has 1 aliphatic heterocycles. The molecule has 19 heavy (non-hydrogen) atoms. The second-order valence-electron chi connectivity index (χ2n) is 5.03. The zero-order valence-corrected chi connectivity index (χ0v) is 11.3. The minimum atomic E-state index is -0.745. The van der Waals surface area contributed by atoms with Gasteiger partial charge >= 0.3 is 0 Å². The molecule has 1 fully saturated rings. The second kappa shape index (κ2) is 6.10. The fourth-order valence-electron chi connectivity index (χ4n) is 2.15. The molecule has 1 saturated heterocycles. The molecule has 104 valence electrons. The number of likely N-dealkylation sites (N-methyl/N-ethyl adjacent to an activating group) is 2. The Hall–Kier alpha value is -1.49. The second-order valence-corrected chi connectivity index (χ2v) is 5.03. The third kappa shape index (κ3) is 3.50. The van der Waals surface area contributed by atoms with E-state index in [0.29, 0.717) is 11.7 Å². The van der Waals surface area contributed by atoms with Crippen LogP contribution < -0.4 is 0 Å². The normalized spacial score (nSPS) is 23.2. The van der Waals surface area contributed by atoms with Gasteiger partial charge in [0.1, 0.15) is 0 Å². The molecule has 7 heteroatoms. The van der Waals surface area contributed by atoms with Crippen LogP contribution in [-0.4, -0.2) is 64.9 Å². The number of piperazine rings is 1. The van der Waals surface area contributed by atoms with Crippen molar-refractivity contribution >= 4 is 0 Å². The van der Waals surface area contributed by atoms with Crippen molar-refractivity contribution in [3.8, 4) is 6.07 Å². The predicted molar refractivity (Wildman–Crippen MR) is 67.1 cm³/mol. The van der Waals surface area contributed by atoms with Crippen molar-refractivity contribution < 1.29 is 9.63 Å². The van der Waals surface area contributed by atoms with E-state index in [2.05, 4.69) is 27.0 Å².